The molecule has 0 bridgehead atoms. The lowest BCUT2D eigenvalue weighted by molar-refractivity contribution is 0.0526. The molecular formula is C15H15NO2. The molecule has 0 fully saturated rings. The summed E-state index contributed by atoms with van der Waals surface area (Å²) in [6.45, 7) is 2.17. The van der Waals surface area contributed by atoms with E-state index in [0.29, 0.717) is 12.2 Å². The molecule has 18 heavy (non-hydrogen) atoms. The van der Waals surface area contributed by atoms with E-state index in [1.165, 1.54) is 0 Å². The Morgan fingerprint density at radius 3 is 2.50 bits per heavy atom. The van der Waals surface area contributed by atoms with Crippen molar-refractivity contribution in [3.63, 3.8) is 0 Å². The molecule has 0 radical (unpaired) electrons. The van der Waals surface area contributed by atoms with Crippen molar-refractivity contribution in [2.24, 2.45) is 0 Å². The smallest absolute Gasteiger partial charge is 0.338 e. The van der Waals surface area contributed by atoms with Crippen LogP contribution in [-0.4, -0.2) is 12.6 Å². The number of carbonyl (C=O) groups is 1. The summed E-state index contributed by atoms with van der Waals surface area (Å²) >= 11 is 0. The number of benzene rings is 2. The SMILES string of the molecule is CCOC(=O)c1cccc(-c2ccc(N)cc2)c1. The Morgan fingerprint density at radius 2 is 1.83 bits per heavy atom. The third kappa shape index (κ3) is 2.69. The van der Waals surface area contributed by atoms with Crippen molar-refractivity contribution in [3.8, 4) is 11.1 Å². The lowest BCUT2D eigenvalue weighted by Crippen LogP contribution is -2.04. The third-order valence-electron chi connectivity index (χ3n) is 2.62. The maximum atomic E-state index is 11.6. The van der Waals surface area contributed by atoms with Gasteiger partial charge in [-0.1, -0.05) is 24.3 Å². The Labute approximate surface area is 106 Å². The zero-order valence-electron chi connectivity index (χ0n) is 10.2. The minimum absolute atomic E-state index is 0.296. The lowest BCUT2D eigenvalue weighted by atomic mass is 10.0. The fourth-order valence-corrected chi connectivity index (χ4v) is 1.72. The number of ether oxygens (including phenoxy) is 1. The molecule has 0 atom stereocenters. The van der Waals surface area contributed by atoms with Crippen LogP contribution in [0.15, 0.2) is 48.5 Å². The van der Waals surface area contributed by atoms with Crippen molar-refractivity contribution in [2.75, 3.05) is 12.3 Å². The van der Waals surface area contributed by atoms with E-state index in [0.717, 1.165) is 16.8 Å². The highest BCUT2D eigenvalue weighted by Gasteiger charge is 2.07. The highest BCUT2D eigenvalue weighted by molar-refractivity contribution is 5.91. The Bertz CT molecular complexity index is 547. The quantitative estimate of drug-likeness (QED) is 0.663. The van der Waals surface area contributed by atoms with Crippen molar-refractivity contribution in [2.45, 2.75) is 6.92 Å². The van der Waals surface area contributed by atoms with Gasteiger partial charge in [-0.2, -0.15) is 0 Å². The number of hydrogen-bond acceptors (Lipinski definition) is 3. The number of rotatable bonds is 3. The summed E-state index contributed by atoms with van der Waals surface area (Å²) < 4.78 is 4.98. The summed E-state index contributed by atoms with van der Waals surface area (Å²) in [5.74, 6) is -0.296. The van der Waals surface area contributed by atoms with Crippen molar-refractivity contribution in [1.82, 2.24) is 0 Å². The number of esters is 1. The molecule has 0 aliphatic heterocycles. The Kier molecular flexibility index (Phi) is 3.63. The van der Waals surface area contributed by atoms with Gasteiger partial charge in [0.2, 0.25) is 0 Å². The zero-order chi connectivity index (χ0) is 13.0. The van der Waals surface area contributed by atoms with Crippen LogP contribution in [0.5, 0.6) is 0 Å². The molecule has 0 saturated carbocycles. The van der Waals surface area contributed by atoms with Crippen molar-refractivity contribution in [3.05, 3.63) is 54.1 Å². The summed E-state index contributed by atoms with van der Waals surface area (Å²) in [5.41, 5.74) is 8.93. The second-order valence-electron chi connectivity index (χ2n) is 3.92. The van der Waals surface area contributed by atoms with Gasteiger partial charge in [0, 0.05) is 5.69 Å². The molecule has 3 heteroatoms. The van der Waals surface area contributed by atoms with Crippen LogP contribution in [0.2, 0.25) is 0 Å². The van der Waals surface area contributed by atoms with Gasteiger partial charge in [0.15, 0.2) is 0 Å². The topological polar surface area (TPSA) is 52.3 Å². The van der Waals surface area contributed by atoms with E-state index in [4.69, 9.17) is 10.5 Å². The molecule has 0 amide bonds. The van der Waals surface area contributed by atoms with Crippen LogP contribution < -0.4 is 5.73 Å². The molecule has 0 spiro atoms. The molecule has 3 nitrogen and oxygen atoms in total. The zero-order valence-corrected chi connectivity index (χ0v) is 10.2. The molecule has 0 unspecified atom stereocenters. The number of nitrogens with two attached hydrogens (primary N) is 1. The van der Waals surface area contributed by atoms with Gasteiger partial charge in [-0.15, -0.1) is 0 Å². The molecule has 0 aliphatic rings. The maximum Gasteiger partial charge on any atom is 0.338 e. The molecule has 2 rings (SSSR count). The largest absolute Gasteiger partial charge is 0.462 e. The van der Waals surface area contributed by atoms with Gasteiger partial charge in [-0.3, -0.25) is 0 Å². The average Bonchev–Trinajstić information content (AvgIpc) is 2.40. The highest BCUT2D eigenvalue weighted by atomic mass is 16.5. The predicted molar refractivity (Wildman–Crippen MR) is 72.2 cm³/mol. The van der Waals surface area contributed by atoms with Crippen LogP contribution in [0.4, 0.5) is 5.69 Å². The van der Waals surface area contributed by atoms with Gasteiger partial charge < -0.3 is 10.5 Å². The van der Waals surface area contributed by atoms with Crippen LogP contribution in [0, 0.1) is 0 Å². The first-order valence-electron chi connectivity index (χ1n) is 5.84. The molecule has 92 valence electrons. The first-order valence-corrected chi connectivity index (χ1v) is 5.84. The maximum absolute atomic E-state index is 11.6. The standard InChI is InChI=1S/C15H15NO2/c1-2-18-15(17)13-5-3-4-12(10-13)11-6-8-14(16)9-7-11/h3-10H,2,16H2,1H3. The number of anilines is 1. The summed E-state index contributed by atoms with van der Waals surface area (Å²) in [4.78, 5) is 11.6. The lowest BCUT2D eigenvalue weighted by Gasteiger charge is -2.05. The van der Waals surface area contributed by atoms with E-state index >= 15 is 0 Å². The normalized spacial score (nSPS) is 10.1. The van der Waals surface area contributed by atoms with Crippen LogP contribution in [0.3, 0.4) is 0 Å². The van der Waals surface area contributed by atoms with E-state index in [1.54, 1.807) is 13.0 Å². The Morgan fingerprint density at radius 1 is 1.11 bits per heavy atom. The van der Waals surface area contributed by atoms with Crippen LogP contribution in [0.1, 0.15) is 17.3 Å². The van der Waals surface area contributed by atoms with Gasteiger partial charge in [0.05, 0.1) is 12.2 Å². The minimum Gasteiger partial charge on any atom is -0.462 e. The first kappa shape index (κ1) is 12.2. The van der Waals surface area contributed by atoms with E-state index in [-0.39, 0.29) is 5.97 Å². The molecule has 0 heterocycles. The molecular weight excluding hydrogens is 226 g/mol. The van der Waals surface area contributed by atoms with Gasteiger partial charge in [-0.05, 0) is 42.3 Å². The first-order chi connectivity index (χ1) is 8.70. The summed E-state index contributed by atoms with van der Waals surface area (Å²) in [6.07, 6.45) is 0. The van der Waals surface area contributed by atoms with Gasteiger partial charge in [0.25, 0.3) is 0 Å². The van der Waals surface area contributed by atoms with Crippen molar-refractivity contribution in [1.29, 1.82) is 0 Å². The third-order valence-corrected chi connectivity index (χ3v) is 2.62. The molecule has 0 saturated heterocycles. The van der Waals surface area contributed by atoms with Crippen molar-refractivity contribution < 1.29 is 9.53 Å². The highest BCUT2D eigenvalue weighted by Crippen LogP contribution is 2.21. The van der Waals surface area contributed by atoms with Gasteiger partial charge in [0.1, 0.15) is 0 Å². The number of hydrogen-bond donors (Lipinski definition) is 1. The van der Waals surface area contributed by atoms with Crippen molar-refractivity contribution >= 4 is 11.7 Å². The van der Waals surface area contributed by atoms with E-state index in [1.807, 2.05) is 42.5 Å². The van der Waals surface area contributed by atoms with Crippen LogP contribution in [0.25, 0.3) is 11.1 Å². The fourth-order valence-electron chi connectivity index (χ4n) is 1.72. The molecule has 2 aromatic rings. The molecule has 2 aromatic carbocycles. The fraction of sp³-hybridized carbons (Fsp3) is 0.133. The second kappa shape index (κ2) is 5.36. The second-order valence-corrected chi connectivity index (χ2v) is 3.92. The number of nitrogen functional groups attached to an aromatic ring is 1. The van der Waals surface area contributed by atoms with Crippen LogP contribution >= 0.6 is 0 Å². The van der Waals surface area contributed by atoms with E-state index < -0.39 is 0 Å². The summed E-state index contributed by atoms with van der Waals surface area (Å²) in [6, 6.07) is 14.9. The summed E-state index contributed by atoms with van der Waals surface area (Å²) in [5, 5.41) is 0. The van der Waals surface area contributed by atoms with Gasteiger partial charge >= 0.3 is 5.97 Å². The molecule has 2 N–H and O–H groups in total. The monoisotopic (exact) mass is 241 g/mol. The predicted octanol–water partition coefficient (Wildman–Crippen LogP) is 3.11. The average molecular weight is 241 g/mol. The minimum atomic E-state index is -0.296. The molecule has 0 aromatic heterocycles. The van der Waals surface area contributed by atoms with Gasteiger partial charge in [-0.25, -0.2) is 4.79 Å². The van der Waals surface area contributed by atoms with Crippen LogP contribution in [-0.2, 0) is 4.74 Å². The number of carbonyl (C=O) groups excluding carboxylic acids is 1. The van der Waals surface area contributed by atoms with E-state index in [9.17, 15) is 4.79 Å². The summed E-state index contributed by atoms with van der Waals surface area (Å²) in [7, 11) is 0. The molecule has 0 aliphatic carbocycles. The Hall–Kier alpha value is -2.29. The van der Waals surface area contributed by atoms with E-state index in [2.05, 4.69) is 0 Å². The Balaban J connectivity index is 2.32.